The highest BCUT2D eigenvalue weighted by Gasteiger charge is 2.15. The standard InChI is InChI=1S/C18H26N4O2.2ClH/c1-2-16(23)8-9-20-18(24)17(19)10-15-12-22(13-21-15)11-14-6-4-3-5-7-14;;/h3-7,12-13,16-17,23H,2,8-11,19H2,1H3,(H,20,24);2*1H/t16?,17-;;/m0../s1. The Balaban J connectivity index is 0.00000312. The molecule has 2 atom stereocenters. The quantitative estimate of drug-likeness (QED) is 0.597. The molecule has 0 saturated heterocycles. The van der Waals surface area contributed by atoms with Crippen LogP contribution in [-0.4, -0.2) is 39.3 Å². The molecule has 26 heavy (non-hydrogen) atoms. The molecule has 0 aliphatic rings. The van der Waals surface area contributed by atoms with Crippen molar-refractivity contribution in [1.29, 1.82) is 0 Å². The van der Waals surface area contributed by atoms with Gasteiger partial charge in [0.1, 0.15) is 0 Å². The molecule has 0 aliphatic heterocycles. The molecule has 0 radical (unpaired) electrons. The normalized spacial score (nSPS) is 12.4. The molecule has 6 nitrogen and oxygen atoms in total. The lowest BCUT2D eigenvalue weighted by Gasteiger charge is -2.12. The molecule has 0 bridgehead atoms. The summed E-state index contributed by atoms with van der Waals surface area (Å²) in [7, 11) is 0. The zero-order valence-corrected chi connectivity index (χ0v) is 16.5. The highest BCUT2D eigenvalue weighted by atomic mass is 35.5. The third-order valence-corrected chi connectivity index (χ3v) is 3.91. The van der Waals surface area contributed by atoms with E-state index in [-0.39, 0.29) is 36.8 Å². The maximum Gasteiger partial charge on any atom is 0.237 e. The maximum atomic E-state index is 12.0. The minimum atomic E-state index is -0.635. The van der Waals surface area contributed by atoms with Gasteiger partial charge in [-0.15, -0.1) is 24.8 Å². The van der Waals surface area contributed by atoms with E-state index in [1.165, 1.54) is 5.56 Å². The molecule has 2 aromatic rings. The smallest absolute Gasteiger partial charge is 0.237 e. The number of aliphatic hydroxyl groups is 1. The molecular formula is C18H28Cl2N4O2. The summed E-state index contributed by atoms with van der Waals surface area (Å²) < 4.78 is 1.98. The van der Waals surface area contributed by atoms with E-state index in [1.54, 1.807) is 6.33 Å². The number of hydrogen-bond acceptors (Lipinski definition) is 4. The summed E-state index contributed by atoms with van der Waals surface area (Å²) in [6.07, 6.45) is 4.91. The van der Waals surface area contributed by atoms with Gasteiger partial charge in [-0.1, -0.05) is 37.3 Å². The summed E-state index contributed by atoms with van der Waals surface area (Å²) in [5, 5.41) is 12.2. The number of hydrogen-bond donors (Lipinski definition) is 3. The van der Waals surface area contributed by atoms with E-state index in [0.29, 0.717) is 25.8 Å². The number of halogens is 2. The molecule has 146 valence electrons. The predicted molar refractivity (Wildman–Crippen MR) is 108 cm³/mol. The molecule has 1 amide bonds. The van der Waals surface area contributed by atoms with Crippen molar-refractivity contribution in [2.24, 2.45) is 5.73 Å². The Labute approximate surface area is 167 Å². The Kier molecular flexibility index (Phi) is 11.9. The van der Waals surface area contributed by atoms with Gasteiger partial charge in [0, 0.05) is 25.7 Å². The van der Waals surface area contributed by atoms with Crippen molar-refractivity contribution in [1.82, 2.24) is 14.9 Å². The molecule has 1 aromatic heterocycles. The van der Waals surface area contributed by atoms with Gasteiger partial charge in [0.15, 0.2) is 0 Å². The number of nitrogens with two attached hydrogens (primary N) is 1. The van der Waals surface area contributed by atoms with E-state index < -0.39 is 6.04 Å². The highest BCUT2D eigenvalue weighted by Crippen LogP contribution is 2.05. The second-order valence-electron chi connectivity index (χ2n) is 5.98. The van der Waals surface area contributed by atoms with Crippen LogP contribution >= 0.6 is 24.8 Å². The van der Waals surface area contributed by atoms with Crippen LogP contribution in [0.1, 0.15) is 31.0 Å². The largest absolute Gasteiger partial charge is 0.393 e. The fraction of sp³-hybridized carbons (Fsp3) is 0.444. The van der Waals surface area contributed by atoms with E-state index in [2.05, 4.69) is 22.4 Å². The van der Waals surface area contributed by atoms with Crippen molar-refractivity contribution >= 4 is 30.7 Å². The maximum absolute atomic E-state index is 12.0. The van der Waals surface area contributed by atoms with E-state index in [0.717, 1.165) is 12.2 Å². The molecule has 0 saturated carbocycles. The van der Waals surface area contributed by atoms with E-state index in [9.17, 15) is 9.90 Å². The number of imidazole rings is 1. The summed E-state index contributed by atoms with van der Waals surface area (Å²) in [6, 6.07) is 9.47. The number of nitrogens with one attached hydrogen (secondary N) is 1. The minimum Gasteiger partial charge on any atom is -0.393 e. The predicted octanol–water partition coefficient (Wildman–Crippen LogP) is 1.92. The SMILES string of the molecule is CCC(O)CCNC(=O)[C@@H](N)Cc1cn(Cc2ccccc2)cn1.Cl.Cl. The van der Waals surface area contributed by atoms with E-state index in [4.69, 9.17) is 5.73 Å². The van der Waals surface area contributed by atoms with Gasteiger partial charge in [0.2, 0.25) is 5.91 Å². The van der Waals surface area contributed by atoms with Gasteiger partial charge in [0.05, 0.1) is 24.2 Å². The molecule has 0 spiro atoms. The van der Waals surface area contributed by atoms with Crippen molar-refractivity contribution in [2.75, 3.05) is 6.54 Å². The van der Waals surface area contributed by atoms with Gasteiger partial charge in [-0.2, -0.15) is 0 Å². The highest BCUT2D eigenvalue weighted by molar-refractivity contribution is 5.85. The first-order valence-corrected chi connectivity index (χ1v) is 8.34. The van der Waals surface area contributed by atoms with Crippen LogP contribution in [0, 0.1) is 0 Å². The second-order valence-corrected chi connectivity index (χ2v) is 5.98. The fourth-order valence-corrected chi connectivity index (χ4v) is 2.41. The van der Waals surface area contributed by atoms with Gasteiger partial charge in [-0.25, -0.2) is 4.98 Å². The molecule has 1 heterocycles. The first-order chi connectivity index (χ1) is 11.6. The first-order valence-electron chi connectivity index (χ1n) is 8.34. The Morgan fingerprint density at radius 3 is 2.65 bits per heavy atom. The van der Waals surface area contributed by atoms with Crippen LogP contribution in [-0.2, 0) is 17.8 Å². The summed E-state index contributed by atoms with van der Waals surface area (Å²) in [4.78, 5) is 16.3. The van der Waals surface area contributed by atoms with Crippen LogP contribution in [0.15, 0.2) is 42.9 Å². The minimum absolute atomic E-state index is 0. The lowest BCUT2D eigenvalue weighted by Crippen LogP contribution is -2.42. The van der Waals surface area contributed by atoms with Crippen LogP contribution < -0.4 is 11.1 Å². The van der Waals surface area contributed by atoms with Gasteiger partial charge in [0.25, 0.3) is 0 Å². The number of nitrogens with zero attached hydrogens (tertiary/aromatic N) is 2. The number of aromatic nitrogens is 2. The van der Waals surface area contributed by atoms with Crippen molar-refractivity contribution in [3.05, 3.63) is 54.1 Å². The fourth-order valence-electron chi connectivity index (χ4n) is 2.41. The first kappa shape index (κ1) is 24.4. The van der Waals surface area contributed by atoms with Crippen LogP contribution in [0.25, 0.3) is 0 Å². The van der Waals surface area contributed by atoms with Crippen molar-refractivity contribution in [2.45, 2.75) is 44.9 Å². The summed E-state index contributed by atoms with van der Waals surface area (Å²) in [5.41, 5.74) is 7.92. The third kappa shape index (κ3) is 8.19. The van der Waals surface area contributed by atoms with Crippen molar-refractivity contribution in [3.8, 4) is 0 Å². The van der Waals surface area contributed by atoms with Crippen LogP contribution in [0.4, 0.5) is 0 Å². The zero-order chi connectivity index (χ0) is 17.4. The average molecular weight is 403 g/mol. The van der Waals surface area contributed by atoms with Crippen LogP contribution in [0.3, 0.4) is 0 Å². The molecule has 1 unspecified atom stereocenters. The van der Waals surface area contributed by atoms with Crippen molar-refractivity contribution in [3.63, 3.8) is 0 Å². The lowest BCUT2D eigenvalue weighted by atomic mass is 10.1. The van der Waals surface area contributed by atoms with Crippen LogP contribution in [0.2, 0.25) is 0 Å². The Bertz CT molecular complexity index is 637. The zero-order valence-electron chi connectivity index (χ0n) is 14.9. The summed E-state index contributed by atoms with van der Waals surface area (Å²) in [6.45, 7) is 3.08. The monoisotopic (exact) mass is 402 g/mol. The average Bonchev–Trinajstić information content (AvgIpc) is 3.02. The molecule has 8 heteroatoms. The lowest BCUT2D eigenvalue weighted by molar-refractivity contribution is -0.122. The van der Waals surface area contributed by atoms with Gasteiger partial charge >= 0.3 is 0 Å². The molecule has 4 N–H and O–H groups in total. The number of benzene rings is 1. The second kappa shape index (κ2) is 12.7. The Hall–Kier alpha value is -1.60. The van der Waals surface area contributed by atoms with Crippen LogP contribution in [0.5, 0.6) is 0 Å². The molecular weight excluding hydrogens is 375 g/mol. The summed E-state index contributed by atoms with van der Waals surface area (Å²) >= 11 is 0. The van der Waals surface area contributed by atoms with Gasteiger partial charge < -0.3 is 20.7 Å². The topological polar surface area (TPSA) is 93.2 Å². The Morgan fingerprint density at radius 2 is 2.00 bits per heavy atom. The molecule has 2 rings (SSSR count). The molecule has 0 fully saturated rings. The number of rotatable bonds is 9. The van der Waals surface area contributed by atoms with Crippen molar-refractivity contribution < 1.29 is 9.90 Å². The number of carbonyl (C=O) groups is 1. The molecule has 1 aromatic carbocycles. The Morgan fingerprint density at radius 1 is 1.31 bits per heavy atom. The third-order valence-electron chi connectivity index (χ3n) is 3.91. The van der Waals surface area contributed by atoms with Gasteiger partial charge in [-0.3, -0.25) is 4.79 Å². The van der Waals surface area contributed by atoms with Gasteiger partial charge in [-0.05, 0) is 18.4 Å². The number of amides is 1. The molecule has 0 aliphatic carbocycles. The van der Waals surface area contributed by atoms with E-state index in [1.807, 2.05) is 35.9 Å². The number of carbonyl (C=O) groups excluding carboxylic acids is 1. The summed E-state index contributed by atoms with van der Waals surface area (Å²) in [5.74, 6) is -0.212. The van der Waals surface area contributed by atoms with E-state index >= 15 is 0 Å². The number of aliphatic hydroxyl groups excluding tert-OH is 1.